The fourth-order valence-electron chi connectivity index (χ4n) is 2.66. The number of thiazole rings is 1. The van der Waals surface area contributed by atoms with E-state index in [0.717, 1.165) is 33.1 Å². The Balaban J connectivity index is 2.10. The molecule has 0 saturated heterocycles. The Bertz CT molecular complexity index is 702. The van der Waals surface area contributed by atoms with Crippen LogP contribution < -0.4 is 0 Å². The molecular formula is C16H16FNOS. The van der Waals surface area contributed by atoms with Gasteiger partial charge in [-0.3, -0.25) is 4.79 Å². The minimum absolute atomic E-state index is 0.0353. The number of carbonyl (C=O) groups is 1. The molecule has 0 N–H and O–H groups in total. The van der Waals surface area contributed by atoms with Crippen LogP contribution in [0.1, 0.15) is 41.2 Å². The van der Waals surface area contributed by atoms with Crippen molar-refractivity contribution < 1.29 is 9.18 Å². The van der Waals surface area contributed by atoms with E-state index >= 15 is 0 Å². The molecule has 1 aromatic heterocycles. The molecule has 1 aromatic carbocycles. The van der Waals surface area contributed by atoms with Gasteiger partial charge in [0.25, 0.3) is 0 Å². The number of rotatable bonds is 1. The number of nitrogens with zero attached hydrogens (tertiary/aromatic N) is 1. The molecule has 0 aliphatic heterocycles. The van der Waals surface area contributed by atoms with Crippen LogP contribution in [0, 0.1) is 18.2 Å². The summed E-state index contributed by atoms with van der Waals surface area (Å²) >= 11 is 1.39. The van der Waals surface area contributed by atoms with Crippen molar-refractivity contribution in [3.8, 4) is 10.6 Å². The number of ketones is 1. The van der Waals surface area contributed by atoms with Gasteiger partial charge in [0, 0.05) is 12.0 Å². The van der Waals surface area contributed by atoms with Gasteiger partial charge in [-0.15, -0.1) is 11.3 Å². The van der Waals surface area contributed by atoms with Crippen molar-refractivity contribution >= 4 is 17.1 Å². The third kappa shape index (κ3) is 2.29. The van der Waals surface area contributed by atoms with E-state index in [9.17, 15) is 9.18 Å². The van der Waals surface area contributed by atoms with Crippen molar-refractivity contribution in [3.63, 3.8) is 0 Å². The van der Waals surface area contributed by atoms with E-state index < -0.39 is 0 Å². The van der Waals surface area contributed by atoms with Gasteiger partial charge in [-0.1, -0.05) is 19.9 Å². The van der Waals surface area contributed by atoms with Crippen molar-refractivity contribution in [1.29, 1.82) is 0 Å². The van der Waals surface area contributed by atoms with Crippen LogP contribution in [0.25, 0.3) is 10.6 Å². The zero-order valence-electron chi connectivity index (χ0n) is 11.8. The maximum atomic E-state index is 13.4. The molecule has 4 heteroatoms. The van der Waals surface area contributed by atoms with Gasteiger partial charge in [0.15, 0.2) is 5.78 Å². The number of fused-ring (bicyclic) bond motifs is 1. The standard InChI is InChI=1S/C16H16FNOS/c1-9-4-5-10(17)6-11(9)15-18-12-7-16(2,3)8-13(19)14(12)20-15/h4-6H,7-8H2,1-3H3. The first-order chi connectivity index (χ1) is 9.35. The lowest BCUT2D eigenvalue weighted by molar-refractivity contribution is 0.0916. The molecule has 0 fully saturated rings. The summed E-state index contributed by atoms with van der Waals surface area (Å²) in [5, 5.41) is 0.748. The monoisotopic (exact) mass is 289 g/mol. The highest BCUT2D eigenvalue weighted by atomic mass is 32.1. The average Bonchev–Trinajstić information content (AvgIpc) is 2.74. The van der Waals surface area contributed by atoms with E-state index in [1.165, 1.54) is 23.5 Å². The van der Waals surface area contributed by atoms with E-state index in [1.807, 2.05) is 6.92 Å². The van der Waals surface area contributed by atoms with Crippen LogP contribution in [0.2, 0.25) is 0 Å². The molecule has 1 aliphatic rings. The number of aryl methyl sites for hydroxylation is 1. The first kappa shape index (κ1) is 13.4. The fraction of sp³-hybridized carbons (Fsp3) is 0.375. The second-order valence-corrected chi connectivity index (χ2v) is 7.19. The number of benzene rings is 1. The first-order valence-electron chi connectivity index (χ1n) is 6.65. The number of aromatic nitrogens is 1. The molecular weight excluding hydrogens is 273 g/mol. The van der Waals surface area contributed by atoms with Gasteiger partial charge in [0.2, 0.25) is 0 Å². The lowest BCUT2D eigenvalue weighted by Crippen LogP contribution is -2.25. The molecule has 3 rings (SSSR count). The van der Waals surface area contributed by atoms with E-state index in [4.69, 9.17) is 0 Å². The topological polar surface area (TPSA) is 30.0 Å². The van der Waals surface area contributed by atoms with Crippen LogP contribution in [-0.4, -0.2) is 10.8 Å². The number of carbonyl (C=O) groups excluding carboxylic acids is 1. The molecule has 0 saturated carbocycles. The van der Waals surface area contributed by atoms with Crippen LogP contribution in [0.3, 0.4) is 0 Å². The van der Waals surface area contributed by atoms with Crippen LogP contribution >= 0.6 is 11.3 Å². The van der Waals surface area contributed by atoms with E-state index in [0.29, 0.717) is 6.42 Å². The van der Waals surface area contributed by atoms with Gasteiger partial charge in [0.1, 0.15) is 10.8 Å². The van der Waals surface area contributed by atoms with Crippen LogP contribution in [0.5, 0.6) is 0 Å². The third-order valence-electron chi connectivity index (χ3n) is 3.67. The van der Waals surface area contributed by atoms with Crippen molar-refractivity contribution in [2.24, 2.45) is 5.41 Å². The van der Waals surface area contributed by atoms with Crippen molar-refractivity contribution in [1.82, 2.24) is 4.98 Å². The average molecular weight is 289 g/mol. The van der Waals surface area contributed by atoms with Crippen molar-refractivity contribution in [2.45, 2.75) is 33.6 Å². The molecule has 1 heterocycles. The maximum Gasteiger partial charge on any atom is 0.175 e. The van der Waals surface area contributed by atoms with E-state index in [1.54, 1.807) is 6.07 Å². The Hall–Kier alpha value is -1.55. The summed E-state index contributed by atoms with van der Waals surface area (Å²) in [5.74, 6) is -0.112. The molecule has 1 aliphatic carbocycles. The summed E-state index contributed by atoms with van der Waals surface area (Å²) in [6.45, 7) is 6.10. The summed E-state index contributed by atoms with van der Waals surface area (Å²) in [6.07, 6.45) is 1.36. The zero-order valence-corrected chi connectivity index (χ0v) is 12.6. The van der Waals surface area contributed by atoms with Crippen LogP contribution in [0.4, 0.5) is 4.39 Å². The quantitative estimate of drug-likeness (QED) is 0.778. The third-order valence-corrected chi connectivity index (χ3v) is 4.84. The minimum atomic E-state index is -0.273. The summed E-state index contributed by atoms with van der Waals surface area (Å²) in [6, 6.07) is 4.69. The second-order valence-electron chi connectivity index (χ2n) is 6.20. The Labute approximate surface area is 121 Å². The van der Waals surface area contributed by atoms with Gasteiger partial charge in [-0.2, -0.15) is 0 Å². The van der Waals surface area contributed by atoms with Crippen molar-refractivity contribution in [2.75, 3.05) is 0 Å². The van der Waals surface area contributed by atoms with Crippen LogP contribution in [0.15, 0.2) is 18.2 Å². The lowest BCUT2D eigenvalue weighted by atomic mass is 9.78. The highest BCUT2D eigenvalue weighted by molar-refractivity contribution is 7.17. The first-order valence-corrected chi connectivity index (χ1v) is 7.47. The predicted octanol–water partition coefficient (Wildman–Crippen LogP) is 4.41. The molecule has 2 aromatic rings. The summed E-state index contributed by atoms with van der Waals surface area (Å²) in [7, 11) is 0. The molecule has 0 radical (unpaired) electrons. The predicted molar refractivity (Wildman–Crippen MR) is 78.7 cm³/mol. The lowest BCUT2D eigenvalue weighted by Gasteiger charge is -2.26. The van der Waals surface area contributed by atoms with Gasteiger partial charge < -0.3 is 0 Å². The Morgan fingerprint density at radius 1 is 1.30 bits per heavy atom. The van der Waals surface area contributed by atoms with Crippen LogP contribution in [-0.2, 0) is 6.42 Å². The molecule has 0 bridgehead atoms. The summed E-state index contributed by atoms with van der Waals surface area (Å²) in [4.78, 5) is 17.5. The smallest absolute Gasteiger partial charge is 0.175 e. The van der Waals surface area contributed by atoms with Crippen molar-refractivity contribution in [3.05, 3.63) is 40.2 Å². The number of hydrogen-bond acceptors (Lipinski definition) is 3. The molecule has 0 spiro atoms. The van der Waals surface area contributed by atoms with E-state index in [-0.39, 0.29) is 17.0 Å². The Kier molecular flexibility index (Phi) is 3.01. The highest BCUT2D eigenvalue weighted by Gasteiger charge is 2.34. The molecule has 104 valence electrons. The summed E-state index contributed by atoms with van der Waals surface area (Å²) in [5.41, 5.74) is 2.60. The fourth-order valence-corrected chi connectivity index (χ4v) is 3.76. The maximum absolute atomic E-state index is 13.4. The number of hydrogen-bond donors (Lipinski definition) is 0. The normalized spacial score (nSPS) is 17.1. The molecule has 0 atom stereocenters. The van der Waals surface area contributed by atoms with Gasteiger partial charge in [-0.25, -0.2) is 9.37 Å². The van der Waals surface area contributed by atoms with E-state index in [2.05, 4.69) is 18.8 Å². The van der Waals surface area contributed by atoms with Gasteiger partial charge in [0.05, 0.1) is 10.6 Å². The SMILES string of the molecule is Cc1ccc(F)cc1-c1nc2c(s1)C(=O)CC(C)(C)C2. The Morgan fingerprint density at radius 2 is 2.05 bits per heavy atom. The second kappa shape index (κ2) is 4.48. The molecule has 0 unspecified atom stereocenters. The Morgan fingerprint density at radius 3 is 2.80 bits per heavy atom. The molecule has 0 amide bonds. The zero-order chi connectivity index (χ0) is 14.5. The van der Waals surface area contributed by atoms with Gasteiger partial charge >= 0.3 is 0 Å². The number of Topliss-reactive ketones (excluding diaryl/α,β-unsaturated/α-hetero) is 1. The molecule has 20 heavy (non-hydrogen) atoms. The largest absolute Gasteiger partial charge is 0.293 e. The minimum Gasteiger partial charge on any atom is -0.293 e. The summed E-state index contributed by atoms with van der Waals surface area (Å²) < 4.78 is 13.4. The van der Waals surface area contributed by atoms with Gasteiger partial charge in [-0.05, 0) is 36.5 Å². The highest BCUT2D eigenvalue weighted by Crippen LogP contribution is 2.40. The molecule has 2 nitrogen and oxygen atoms in total. The number of halogens is 1.